The minimum atomic E-state index is -0.387. The van der Waals surface area contributed by atoms with E-state index in [9.17, 15) is 9.59 Å². The number of benzene rings is 2. The smallest absolute Gasteiger partial charge is 0.330 e. The molecule has 132 valence electrons. The van der Waals surface area contributed by atoms with Crippen LogP contribution in [0.3, 0.4) is 0 Å². The lowest BCUT2D eigenvalue weighted by Gasteiger charge is -2.07. The lowest BCUT2D eigenvalue weighted by Crippen LogP contribution is -2.09. The molecule has 0 atom stereocenters. The predicted octanol–water partition coefficient (Wildman–Crippen LogP) is 4.22. The van der Waals surface area contributed by atoms with Crippen LogP contribution in [-0.2, 0) is 25.5 Å². The monoisotopic (exact) mass is 340 g/mol. The second-order valence-corrected chi connectivity index (χ2v) is 5.82. The number of hydrogen-bond acceptors (Lipinski definition) is 4. The van der Waals surface area contributed by atoms with Gasteiger partial charge < -0.3 is 9.47 Å². The van der Waals surface area contributed by atoms with Crippen molar-refractivity contribution in [2.45, 2.75) is 32.1 Å². The number of hydrogen-bond donors (Lipinski definition) is 0. The second kappa shape index (κ2) is 10.3. The maximum Gasteiger partial charge on any atom is 0.330 e. The molecule has 0 radical (unpaired) electrons. The van der Waals surface area contributed by atoms with E-state index in [1.54, 1.807) is 0 Å². The van der Waals surface area contributed by atoms with Crippen LogP contribution >= 0.6 is 0 Å². The van der Waals surface area contributed by atoms with Gasteiger partial charge in [-0.2, -0.15) is 0 Å². The zero-order valence-corrected chi connectivity index (χ0v) is 14.4. The van der Waals surface area contributed by atoms with Crippen LogP contribution in [0, 0.1) is 0 Å². The molecule has 0 aliphatic heterocycles. The summed E-state index contributed by atoms with van der Waals surface area (Å²) < 4.78 is 10.2. The Hall–Kier alpha value is -2.62. The number of carbonyl (C=O) groups excluding carboxylic acids is 2. The van der Waals surface area contributed by atoms with Crippen LogP contribution in [0.5, 0.6) is 0 Å². The van der Waals surface area contributed by atoms with Crippen LogP contribution in [0.4, 0.5) is 0 Å². The van der Waals surface area contributed by atoms with Crippen molar-refractivity contribution in [3.05, 3.63) is 60.7 Å². The van der Waals surface area contributed by atoms with Crippen molar-refractivity contribution in [1.82, 2.24) is 0 Å². The average Bonchev–Trinajstić information content (AvgIpc) is 2.64. The third-order valence-corrected chi connectivity index (χ3v) is 3.93. The zero-order chi connectivity index (χ0) is 17.9. The van der Waals surface area contributed by atoms with Crippen LogP contribution in [-0.4, -0.2) is 25.2 Å². The van der Waals surface area contributed by atoms with Gasteiger partial charge in [0.1, 0.15) is 0 Å². The minimum absolute atomic E-state index is 0.198. The normalized spacial score (nSPS) is 10.4. The Morgan fingerprint density at radius 2 is 1.56 bits per heavy atom. The Bertz CT molecular complexity index is 715. The van der Waals surface area contributed by atoms with Crippen LogP contribution in [0.25, 0.3) is 10.8 Å². The topological polar surface area (TPSA) is 52.6 Å². The maximum atomic E-state index is 12.0. The molecule has 0 heterocycles. The molecule has 0 saturated carbocycles. The summed E-state index contributed by atoms with van der Waals surface area (Å²) in [7, 11) is 0. The SMILES string of the molecule is C=CC(=O)OCCCCCCOC(=O)Cc1cccc2ccccc12. The molecule has 2 aromatic rings. The van der Waals surface area contributed by atoms with Crippen LogP contribution < -0.4 is 0 Å². The van der Waals surface area contributed by atoms with Gasteiger partial charge in [-0.15, -0.1) is 0 Å². The van der Waals surface area contributed by atoms with Gasteiger partial charge in [-0.05, 0) is 42.0 Å². The van der Waals surface area contributed by atoms with Gasteiger partial charge in [-0.1, -0.05) is 49.0 Å². The summed E-state index contributed by atoms with van der Waals surface area (Å²) in [5.41, 5.74) is 0.993. The average molecular weight is 340 g/mol. The molecular weight excluding hydrogens is 316 g/mol. The molecule has 0 aromatic heterocycles. The van der Waals surface area contributed by atoms with Crippen molar-refractivity contribution in [1.29, 1.82) is 0 Å². The molecule has 0 N–H and O–H groups in total. The van der Waals surface area contributed by atoms with Crippen molar-refractivity contribution in [2.75, 3.05) is 13.2 Å². The van der Waals surface area contributed by atoms with E-state index < -0.39 is 0 Å². The molecule has 0 bridgehead atoms. The largest absolute Gasteiger partial charge is 0.465 e. The summed E-state index contributed by atoms with van der Waals surface area (Å²) >= 11 is 0. The Balaban J connectivity index is 1.63. The number of fused-ring (bicyclic) bond motifs is 1. The van der Waals surface area contributed by atoms with E-state index in [0.717, 1.165) is 48.1 Å². The van der Waals surface area contributed by atoms with E-state index in [4.69, 9.17) is 9.47 Å². The molecular formula is C21H24O4. The van der Waals surface area contributed by atoms with Crippen LogP contribution in [0.1, 0.15) is 31.2 Å². The van der Waals surface area contributed by atoms with Crippen molar-refractivity contribution >= 4 is 22.7 Å². The Labute approximate surface area is 148 Å². The standard InChI is InChI=1S/C21H24O4/c1-2-20(22)24-14-7-3-4-8-15-25-21(23)16-18-12-9-11-17-10-5-6-13-19(17)18/h2,5-6,9-13H,1,3-4,7-8,14-16H2. The molecule has 2 rings (SSSR count). The summed E-state index contributed by atoms with van der Waals surface area (Å²) in [5, 5.41) is 2.22. The summed E-state index contributed by atoms with van der Waals surface area (Å²) in [6.45, 7) is 4.18. The molecule has 0 aliphatic carbocycles. The van der Waals surface area contributed by atoms with E-state index >= 15 is 0 Å². The molecule has 2 aromatic carbocycles. The van der Waals surface area contributed by atoms with Gasteiger partial charge in [0, 0.05) is 6.08 Å². The van der Waals surface area contributed by atoms with Crippen molar-refractivity contribution < 1.29 is 19.1 Å². The van der Waals surface area contributed by atoms with Gasteiger partial charge in [0.15, 0.2) is 0 Å². The first-order chi connectivity index (χ1) is 12.2. The minimum Gasteiger partial charge on any atom is -0.465 e. The maximum absolute atomic E-state index is 12.0. The number of carbonyl (C=O) groups is 2. The Kier molecular flexibility index (Phi) is 7.70. The molecule has 0 saturated heterocycles. The van der Waals surface area contributed by atoms with E-state index in [-0.39, 0.29) is 11.9 Å². The summed E-state index contributed by atoms with van der Waals surface area (Å²) in [5.74, 6) is -0.585. The lowest BCUT2D eigenvalue weighted by atomic mass is 10.0. The van der Waals surface area contributed by atoms with E-state index in [1.165, 1.54) is 0 Å². The van der Waals surface area contributed by atoms with Gasteiger partial charge in [0.05, 0.1) is 19.6 Å². The predicted molar refractivity (Wildman–Crippen MR) is 98.2 cm³/mol. The zero-order valence-electron chi connectivity index (χ0n) is 14.4. The fourth-order valence-corrected chi connectivity index (χ4v) is 2.63. The van der Waals surface area contributed by atoms with Crippen LogP contribution in [0.2, 0.25) is 0 Å². The van der Waals surface area contributed by atoms with E-state index in [1.807, 2.05) is 42.5 Å². The van der Waals surface area contributed by atoms with Crippen molar-refractivity contribution in [3.8, 4) is 0 Å². The molecule has 25 heavy (non-hydrogen) atoms. The highest BCUT2D eigenvalue weighted by atomic mass is 16.5. The molecule has 0 amide bonds. The first-order valence-electron chi connectivity index (χ1n) is 8.62. The highest BCUT2D eigenvalue weighted by molar-refractivity contribution is 5.88. The molecule has 4 nitrogen and oxygen atoms in total. The first kappa shape index (κ1) is 18.7. The highest BCUT2D eigenvalue weighted by Crippen LogP contribution is 2.19. The molecule has 0 fully saturated rings. The molecule has 4 heteroatoms. The number of esters is 2. The van der Waals surface area contributed by atoms with Gasteiger partial charge in [-0.3, -0.25) is 4.79 Å². The number of unbranched alkanes of at least 4 members (excludes halogenated alkanes) is 3. The fraction of sp³-hybridized carbons (Fsp3) is 0.333. The fourth-order valence-electron chi connectivity index (χ4n) is 2.63. The number of rotatable bonds is 10. The molecule has 0 aliphatic rings. The van der Waals surface area contributed by atoms with Crippen molar-refractivity contribution in [2.24, 2.45) is 0 Å². The van der Waals surface area contributed by atoms with Gasteiger partial charge in [0.25, 0.3) is 0 Å². The quantitative estimate of drug-likeness (QED) is 0.369. The summed E-state index contributed by atoms with van der Waals surface area (Å²) in [6.07, 6.45) is 4.95. The first-order valence-corrected chi connectivity index (χ1v) is 8.62. The van der Waals surface area contributed by atoms with Crippen LogP contribution in [0.15, 0.2) is 55.1 Å². The third kappa shape index (κ3) is 6.42. The molecule has 0 unspecified atom stereocenters. The second-order valence-electron chi connectivity index (χ2n) is 5.82. The van der Waals surface area contributed by atoms with Crippen molar-refractivity contribution in [3.63, 3.8) is 0 Å². The van der Waals surface area contributed by atoms with E-state index in [0.29, 0.717) is 19.6 Å². The van der Waals surface area contributed by atoms with Gasteiger partial charge >= 0.3 is 11.9 Å². The van der Waals surface area contributed by atoms with Gasteiger partial charge in [0.2, 0.25) is 0 Å². The lowest BCUT2D eigenvalue weighted by molar-refractivity contribution is -0.143. The Morgan fingerprint density at radius 1 is 0.880 bits per heavy atom. The highest BCUT2D eigenvalue weighted by Gasteiger charge is 2.07. The van der Waals surface area contributed by atoms with Gasteiger partial charge in [-0.25, -0.2) is 4.79 Å². The molecule has 0 spiro atoms. The Morgan fingerprint density at radius 3 is 2.32 bits per heavy atom. The van der Waals surface area contributed by atoms with E-state index in [2.05, 4.69) is 6.58 Å². The number of ether oxygens (including phenoxy) is 2. The third-order valence-electron chi connectivity index (χ3n) is 3.93. The summed E-state index contributed by atoms with van der Waals surface area (Å²) in [4.78, 5) is 22.9. The summed E-state index contributed by atoms with van der Waals surface area (Å²) in [6, 6.07) is 14.0.